The van der Waals surface area contributed by atoms with Crippen molar-refractivity contribution in [3.63, 3.8) is 0 Å². The summed E-state index contributed by atoms with van der Waals surface area (Å²) in [5.74, 6) is -0.415. The van der Waals surface area contributed by atoms with Crippen molar-refractivity contribution in [2.24, 2.45) is 7.05 Å². The van der Waals surface area contributed by atoms with E-state index in [1.807, 2.05) is 6.07 Å². The van der Waals surface area contributed by atoms with Crippen LogP contribution in [0.15, 0.2) is 76.9 Å². The highest BCUT2D eigenvalue weighted by molar-refractivity contribution is 7.92. The molecule has 162 valence electrons. The quantitative estimate of drug-likeness (QED) is 0.570. The first-order valence-electron chi connectivity index (χ1n) is 9.52. The summed E-state index contributed by atoms with van der Waals surface area (Å²) in [4.78, 5) is 25.3. The number of carbonyl (C=O) groups is 1. The highest BCUT2D eigenvalue weighted by Crippen LogP contribution is 2.24. The summed E-state index contributed by atoms with van der Waals surface area (Å²) in [6, 6.07) is 14.7. The molecule has 0 saturated heterocycles. The van der Waals surface area contributed by atoms with E-state index in [1.165, 1.54) is 42.1 Å². The average Bonchev–Trinajstić information content (AvgIpc) is 3.00. The van der Waals surface area contributed by atoms with E-state index in [0.717, 1.165) is 4.31 Å². The molecule has 0 aliphatic rings. The fourth-order valence-electron chi connectivity index (χ4n) is 3.26. The van der Waals surface area contributed by atoms with Gasteiger partial charge < -0.3 is 5.32 Å². The van der Waals surface area contributed by atoms with Crippen LogP contribution < -0.4 is 15.2 Å². The van der Waals surface area contributed by atoms with Crippen molar-refractivity contribution in [1.29, 1.82) is 0 Å². The van der Waals surface area contributed by atoms with Gasteiger partial charge in [0.15, 0.2) is 0 Å². The molecular formula is C22H24N4O4S. The number of anilines is 1. The Balaban J connectivity index is 2.06. The van der Waals surface area contributed by atoms with Gasteiger partial charge in [0.2, 0.25) is 0 Å². The van der Waals surface area contributed by atoms with Gasteiger partial charge >= 0.3 is 0 Å². The zero-order valence-electron chi connectivity index (χ0n) is 17.6. The van der Waals surface area contributed by atoms with E-state index in [0.29, 0.717) is 11.4 Å². The summed E-state index contributed by atoms with van der Waals surface area (Å²) in [7, 11) is -1.07. The maximum atomic E-state index is 13.3. The zero-order valence-corrected chi connectivity index (χ0v) is 18.4. The molecule has 1 amide bonds. The van der Waals surface area contributed by atoms with Crippen LogP contribution in [-0.2, 0) is 17.1 Å². The van der Waals surface area contributed by atoms with Gasteiger partial charge in [-0.05, 0) is 37.3 Å². The number of sulfonamides is 1. The van der Waals surface area contributed by atoms with Gasteiger partial charge in [-0.3, -0.25) is 18.6 Å². The Bertz CT molecular complexity index is 1290. The molecule has 0 aliphatic carbocycles. The highest BCUT2D eigenvalue weighted by atomic mass is 32.2. The van der Waals surface area contributed by atoms with Crippen molar-refractivity contribution in [1.82, 2.24) is 14.7 Å². The number of hydrogen-bond donors (Lipinski definition) is 1. The molecular weight excluding hydrogens is 416 g/mol. The van der Waals surface area contributed by atoms with Gasteiger partial charge in [-0.1, -0.05) is 30.3 Å². The Morgan fingerprint density at radius 3 is 2.48 bits per heavy atom. The molecule has 0 fully saturated rings. The smallest absolute Gasteiger partial charge is 0.296 e. The lowest BCUT2D eigenvalue weighted by atomic mass is 10.2. The molecule has 1 heterocycles. The number of rotatable bonds is 7. The number of aromatic nitrogens is 2. The van der Waals surface area contributed by atoms with E-state index in [1.54, 1.807) is 42.9 Å². The van der Waals surface area contributed by atoms with Crippen molar-refractivity contribution in [2.75, 3.05) is 17.9 Å². The van der Waals surface area contributed by atoms with Crippen molar-refractivity contribution >= 4 is 21.6 Å². The van der Waals surface area contributed by atoms with Crippen LogP contribution in [0.1, 0.15) is 16.1 Å². The fourth-order valence-corrected chi connectivity index (χ4v) is 4.55. The first-order valence-corrected chi connectivity index (χ1v) is 11.0. The number of amides is 1. The van der Waals surface area contributed by atoms with E-state index in [9.17, 15) is 18.0 Å². The molecule has 3 aromatic rings. The van der Waals surface area contributed by atoms with Gasteiger partial charge in [0.05, 0.1) is 16.3 Å². The number of carbonyl (C=O) groups excluding carboxylic acids is 1. The molecule has 9 heteroatoms. The van der Waals surface area contributed by atoms with Crippen LogP contribution in [0.5, 0.6) is 0 Å². The average molecular weight is 441 g/mol. The summed E-state index contributed by atoms with van der Waals surface area (Å²) in [5, 5.41) is 2.61. The standard InChI is InChI=1S/C22H24N4O4S/c1-5-14-23-21(27)17-10-9-13-19(15-17)31(29,30)25(4)20-16(2)24(3)26(22(20)28)18-11-7-6-8-12-18/h5-13,15H,1,14H2,2-4H3,(H,23,27). The molecule has 2 aromatic carbocycles. The van der Waals surface area contributed by atoms with Crippen LogP contribution in [0, 0.1) is 6.92 Å². The topological polar surface area (TPSA) is 93.4 Å². The van der Waals surface area contributed by atoms with Gasteiger partial charge in [0.25, 0.3) is 21.5 Å². The predicted octanol–water partition coefficient (Wildman–Crippen LogP) is 2.23. The number of nitrogens with zero attached hydrogens (tertiary/aromatic N) is 3. The normalized spacial score (nSPS) is 11.2. The molecule has 0 atom stereocenters. The van der Waals surface area contributed by atoms with E-state index in [2.05, 4.69) is 11.9 Å². The second kappa shape index (κ2) is 8.65. The fraction of sp³-hybridized carbons (Fsp3) is 0.182. The van der Waals surface area contributed by atoms with Gasteiger partial charge in [-0.15, -0.1) is 6.58 Å². The van der Waals surface area contributed by atoms with Gasteiger partial charge in [0.1, 0.15) is 5.69 Å². The number of benzene rings is 2. The minimum atomic E-state index is -4.09. The molecule has 0 radical (unpaired) electrons. The molecule has 31 heavy (non-hydrogen) atoms. The molecule has 1 N–H and O–H groups in total. The molecule has 3 rings (SSSR count). The third kappa shape index (κ3) is 4.04. The maximum Gasteiger partial charge on any atom is 0.296 e. The van der Waals surface area contributed by atoms with Crippen LogP contribution in [0.25, 0.3) is 5.69 Å². The van der Waals surface area contributed by atoms with Crippen molar-refractivity contribution < 1.29 is 13.2 Å². The van der Waals surface area contributed by atoms with Gasteiger partial charge in [0, 0.05) is 26.2 Å². The van der Waals surface area contributed by atoms with Crippen LogP contribution in [0.2, 0.25) is 0 Å². The highest BCUT2D eigenvalue weighted by Gasteiger charge is 2.29. The lowest BCUT2D eigenvalue weighted by Crippen LogP contribution is -2.32. The predicted molar refractivity (Wildman–Crippen MR) is 120 cm³/mol. The van der Waals surface area contributed by atoms with Crippen molar-refractivity contribution in [2.45, 2.75) is 11.8 Å². The molecule has 0 saturated carbocycles. The summed E-state index contributed by atoms with van der Waals surface area (Å²) in [6.07, 6.45) is 1.53. The molecule has 0 aliphatic heterocycles. The van der Waals surface area contributed by atoms with E-state index in [4.69, 9.17) is 0 Å². The van der Waals surface area contributed by atoms with Crippen LogP contribution in [-0.4, -0.2) is 37.3 Å². The number of para-hydroxylation sites is 1. The second-order valence-electron chi connectivity index (χ2n) is 6.91. The van der Waals surface area contributed by atoms with E-state index < -0.39 is 21.5 Å². The number of hydrogen-bond acceptors (Lipinski definition) is 4. The lowest BCUT2D eigenvalue weighted by Gasteiger charge is -2.18. The number of nitrogens with one attached hydrogen (secondary N) is 1. The monoisotopic (exact) mass is 440 g/mol. The molecule has 1 aromatic heterocycles. The summed E-state index contributed by atoms with van der Waals surface area (Å²) in [5.41, 5.74) is 0.878. The maximum absolute atomic E-state index is 13.3. The lowest BCUT2D eigenvalue weighted by molar-refractivity contribution is 0.0958. The zero-order chi connectivity index (χ0) is 22.8. The van der Waals surface area contributed by atoms with Gasteiger partial charge in [-0.2, -0.15) is 0 Å². The molecule has 0 bridgehead atoms. The minimum Gasteiger partial charge on any atom is -0.349 e. The Labute approximate surface area is 181 Å². The Morgan fingerprint density at radius 2 is 1.84 bits per heavy atom. The Morgan fingerprint density at radius 1 is 1.16 bits per heavy atom. The minimum absolute atomic E-state index is 0.0351. The molecule has 0 spiro atoms. The van der Waals surface area contributed by atoms with Crippen LogP contribution in [0.4, 0.5) is 5.69 Å². The summed E-state index contributed by atoms with van der Waals surface area (Å²) in [6.45, 7) is 5.48. The first-order chi connectivity index (χ1) is 14.7. The molecule has 0 unspecified atom stereocenters. The largest absolute Gasteiger partial charge is 0.349 e. The van der Waals surface area contributed by atoms with Crippen molar-refractivity contribution in [3.05, 3.63) is 88.9 Å². The van der Waals surface area contributed by atoms with Gasteiger partial charge in [-0.25, -0.2) is 13.1 Å². The Kier molecular flexibility index (Phi) is 6.16. The van der Waals surface area contributed by atoms with E-state index >= 15 is 0 Å². The Hall–Kier alpha value is -3.59. The first kappa shape index (κ1) is 22.1. The van der Waals surface area contributed by atoms with Crippen LogP contribution in [0.3, 0.4) is 0 Å². The third-order valence-electron chi connectivity index (χ3n) is 5.00. The second-order valence-corrected chi connectivity index (χ2v) is 8.88. The summed E-state index contributed by atoms with van der Waals surface area (Å²) >= 11 is 0. The molecule has 8 nitrogen and oxygen atoms in total. The van der Waals surface area contributed by atoms with Crippen molar-refractivity contribution in [3.8, 4) is 5.69 Å². The summed E-state index contributed by atoms with van der Waals surface area (Å²) < 4.78 is 30.6. The van der Waals surface area contributed by atoms with E-state index in [-0.39, 0.29) is 22.7 Å². The van der Waals surface area contributed by atoms with Crippen LogP contribution >= 0.6 is 0 Å². The third-order valence-corrected chi connectivity index (χ3v) is 6.75. The SMILES string of the molecule is C=CCNC(=O)c1cccc(S(=O)(=O)N(C)c2c(C)n(C)n(-c3ccccc3)c2=O)c1.